The maximum Gasteiger partial charge on any atom is 0.306 e. The van der Waals surface area contributed by atoms with Crippen LogP contribution in [0.15, 0.2) is 48.6 Å². The molecular weight excluding hydrogens is 363 g/mol. The normalized spacial score (nSPS) is 13.8. The maximum absolute atomic E-state index is 12.8. The summed E-state index contributed by atoms with van der Waals surface area (Å²) >= 11 is 0. The molecule has 1 aromatic carbocycles. The average molecular weight is 390 g/mol. The molecule has 0 aromatic heterocycles. The largest absolute Gasteiger partial charge is 0.491 e. The van der Waals surface area contributed by atoms with E-state index in [2.05, 4.69) is 16.6 Å². The number of rotatable bonds is 9. The van der Waals surface area contributed by atoms with Gasteiger partial charge in [-0.3, -0.25) is 4.79 Å². The summed E-state index contributed by atoms with van der Waals surface area (Å²) in [5.74, 6) is 5.20. The molecule has 0 radical (unpaired) electrons. The van der Waals surface area contributed by atoms with Crippen molar-refractivity contribution >= 4 is 5.97 Å². The van der Waals surface area contributed by atoms with E-state index >= 15 is 0 Å². The van der Waals surface area contributed by atoms with Crippen LogP contribution in [0.3, 0.4) is 0 Å². The molecule has 1 rings (SSSR count). The van der Waals surface area contributed by atoms with E-state index in [9.17, 15) is 19.4 Å². The molecule has 0 aliphatic carbocycles. The van der Waals surface area contributed by atoms with Crippen LogP contribution in [0.1, 0.15) is 26.7 Å². The van der Waals surface area contributed by atoms with Gasteiger partial charge in [-0.25, -0.2) is 4.39 Å². The molecule has 0 saturated carbocycles. The predicted octanol–water partition coefficient (Wildman–Crippen LogP) is 3.02. The highest BCUT2D eigenvalue weighted by atomic mass is 19.1. The van der Waals surface area contributed by atoms with E-state index in [1.807, 2.05) is 13.8 Å². The average Bonchev–Trinajstić information content (AvgIpc) is 2.63. The maximum atomic E-state index is 12.8. The zero-order valence-corrected chi connectivity index (χ0v) is 16.4. The molecule has 1 aromatic rings. The van der Waals surface area contributed by atoms with Crippen LogP contribution in [0, 0.1) is 23.1 Å². The van der Waals surface area contributed by atoms with Crippen molar-refractivity contribution < 1.29 is 28.9 Å². The predicted molar refractivity (Wildman–Crippen MR) is 105 cm³/mol. The van der Waals surface area contributed by atoms with Gasteiger partial charge in [0, 0.05) is 0 Å². The molecule has 6 heteroatoms. The van der Waals surface area contributed by atoms with Crippen molar-refractivity contribution in [3.63, 3.8) is 0 Å². The van der Waals surface area contributed by atoms with Crippen molar-refractivity contribution in [2.24, 2.45) is 5.41 Å². The van der Waals surface area contributed by atoms with Crippen LogP contribution >= 0.6 is 0 Å². The van der Waals surface area contributed by atoms with Gasteiger partial charge in [0.05, 0.1) is 13.5 Å². The van der Waals surface area contributed by atoms with E-state index in [1.165, 1.54) is 37.5 Å². The zero-order valence-electron chi connectivity index (χ0n) is 16.4. The summed E-state index contributed by atoms with van der Waals surface area (Å²) in [5, 5.41) is 19.7. The van der Waals surface area contributed by atoms with Gasteiger partial charge in [0.25, 0.3) is 0 Å². The molecule has 0 heterocycles. The van der Waals surface area contributed by atoms with Crippen molar-refractivity contribution in [2.45, 2.75) is 38.9 Å². The summed E-state index contributed by atoms with van der Waals surface area (Å²) in [6.45, 7) is 3.77. The first-order chi connectivity index (χ1) is 13.2. The zero-order chi connectivity index (χ0) is 21.0. The van der Waals surface area contributed by atoms with E-state index in [1.54, 1.807) is 18.2 Å². The summed E-state index contributed by atoms with van der Waals surface area (Å²) in [6.07, 6.45) is 5.17. The van der Waals surface area contributed by atoms with Crippen molar-refractivity contribution in [1.29, 1.82) is 0 Å². The van der Waals surface area contributed by atoms with Gasteiger partial charge >= 0.3 is 5.97 Å². The quantitative estimate of drug-likeness (QED) is 0.385. The van der Waals surface area contributed by atoms with Crippen LogP contribution in [0.25, 0.3) is 0 Å². The smallest absolute Gasteiger partial charge is 0.306 e. The Balaban J connectivity index is 2.36. The van der Waals surface area contributed by atoms with Gasteiger partial charge in [-0.15, -0.1) is 0 Å². The third-order valence-corrected chi connectivity index (χ3v) is 3.70. The number of benzene rings is 1. The number of methoxy groups -OCH3 is 1. The second kappa shape index (κ2) is 12.0. The van der Waals surface area contributed by atoms with Crippen molar-refractivity contribution in [1.82, 2.24) is 0 Å². The number of carbonyl (C=O) groups excluding carboxylic acids is 1. The molecule has 5 nitrogen and oxygen atoms in total. The standard InChI is InChI=1S/C22H27FO5/c1-22(2,15-21(26)27-3)14-18(24)8-6-4-5-7-9-19(25)16-28-20-12-10-17(23)11-13-20/h4-5,7,9-13,18-19,24-25H,14-16H2,1-3H3/t18-,19+/m1/s1. The first-order valence-electron chi connectivity index (χ1n) is 8.87. The third-order valence-electron chi connectivity index (χ3n) is 3.70. The lowest BCUT2D eigenvalue weighted by Crippen LogP contribution is -2.23. The summed E-state index contributed by atoms with van der Waals surface area (Å²) in [6, 6.07) is 5.53. The monoisotopic (exact) mass is 390 g/mol. The Bertz CT molecular complexity index is 726. The van der Waals surface area contributed by atoms with Crippen LogP contribution in [-0.2, 0) is 9.53 Å². The molecule has 152 valence electrons. The highest BCUT2D eigenvalue weighted by molar-refractivity contribution is 5.69. The fourth-order valence-corrected chi connectivity index (χ4v) is 2.32. The molecule has 0 unspecified atom stereocenters. The number of allylic oxidation sites excluding steroid dienone is 3. The minimum atomic E-state index is -0.858. The molecular formula is C22H27FO5. The molecule has 28 heavy (non-hydrogen) atoms. The van der Waals surface area contributed by atoms with E-state index in [4.69, 9.17) is 4.74 Å². The van der Waals surface area contributed by atoms with Crippen LogP contribution in [0.2, 0.25) is 0 Å². The number of hydrogen-bond donors (Lipinski definition) is 2. The highest BCUT2D eigenvalue weighted by Crippen LogP contribution is 2.27. The third kappa shape index (κ3) is 10.5. The van der Waals surface area contributed by atoms with Gasteiger partial charge in [0.1, 0.15) is 30.4 Å². The number of aliphatic hydroxyl groups is 2. The van der Waals surface area contributed by atoms with Crippen LogP contribution in [0.5, 0.6) is 5.75 Å². The molecule has 0 spiro atoms. The molecule has 0 aliphatic heterocycles. The van der Waals surface area contributed by atoms with Crippen LogP contribution in [-0.4, -0.2) is 42.1 Å². The molecule has 0 amide bonds. The first kappa shape index (κ1) is 23.4. The molecule has 0 aliphatic rings. The number of esters is 1. The van der Waals surface area contributed by atoms with Gasteiger partial charge in [-0.2, -0.15) is 0 Å². The summed E-state index contributed by atoms with van der Waals surface area (Å²) < 4.78 is 22.7. The fraction of sp³-hybridized carbons (Fsp3) is 0.409. The Labute approximate surface area is 165 Å². The van der Waals surface area contributed by atoms with Gasteiger partial charge in [0.15, 0.2) is 0 Å². The van der Waals surface area contributed by atoms with Gasteiger partial charge in [-0.05, 0) is 42.2 Å². The number of ether oxygens (including phenoxy) is 2. The molecule has 2 N–H and O–H groups in total. The molecule has 0 saturated heterocycles. The number of hydrogen-bond acceptors (Lipinski definition) is 5. The lowest BCUT2D eigenvalue weighted by molar-refractivity contribution is -0.143. The Hall–Kier alpha value is -2.62. The lowest BCUT2D eigenvalue weighted by atomic mass is 9.83. The lowest BCUT2D eigenvalue weighted by Gasteiger charge is -2.23. The van der Waals surface area contributed by atoms with Crippen molar-refractivity contribution in [2.75, 3.05) is 13.7 Å². The Morgan fingerprint density at radius 1 is 1.25 bits per heavy atom. The minimum Gasteiger partial charge on any atom is -0.491 e. The van der Waals surface area contributed by atoms with E-state index in [-0.39, 0.29) is 24.8 Å². The summed E-state index contributed by atoms with van der Waals surface area (Å²) in [5.41, 5.74) is -0.417. The molecule has 2 atom stereocenters. The van der Waals surface area contributed by atoms with E-state index in [0.717, 1.165) is 0 Å². The Morgan fingerprint density at radius 3 is 2.57 bits per heavy atom. The van der Waals surface area contributed by atoms with Gasteiger partial charge in [0.2, 0.25) is 0 Å². The van der Waals surface area contributed by atoms with Crippen LogP contribution < -0.4 is 4.74 Å². The second-order valence-corrected chi connectivity index (χ2v) is 7.00. The van der Waals surface area contributed by atoms with Crippen molar-refractivity contribution in [3.8, 4) is 17.6 Å². The first-order valence-corrected chi connectivity index (χ1v) is 8.87. The van der Waals surface area contributed by atoms with Gasteiger partial charge < -0.3 is 19.7 Å². The Morgan fingerprint density at radius 2 is 1.93 bits per heavy atom. The SMILES string of the molecule is COC(=O)CC(C)(C)C[C@H](O)C#CC=CC=C[C@H](O)COc1ccc(F)cc1. The van der Waals surface area contributed by atoms with E-state index in [0.29, 0.717) is 12.2 Å². The fourth-order valence-electron chi connectivity index (χ4n) is 2.32. The van der Waals surface area contributed by atoms with Crippen molar-refractivity contribution in [3.05, 3.63) is 54.4 Å². The van der Waals surface area contributed by atoms with Crippen LogP contribution in [0.4, 0.5) is 4.39 Å². The topological polar surface area (TPSA) is 76.0 Å². The molecule has 0 fully saturated rings. The number of carbonyl (C=O) groups is 1. The van der Waals surface area contributed by atoms with E-state index < -0.39 is 17.6 Å². The Kier molecular flexibility index (Phi) is 10.0. The number of halogens is 1. The highest BCUT2D eigenvalue weighted by Gasteiger charge is 2.25. The second-order valence-electron chi connectivity index (χ2n) is 7.00. The number of aliphatic hydroxyl groups excluding tert-OH is 2. The summed E-state index contributed by atoms with van der Waals surface area (Å²) in [4.78, 5) is 11.3. The molecule has 0 bridgehead atoms. The minimum absolute atomic E-state index is 0.0373. The van der Waals surface area contributed by atoms with Gasteiger partial charge in [-0.1, -0.05) is 43.9 Å². The summed E-state index contributed by atoms with van der Waals surface area (Å²) in [7, 11) is 1.33.